The molecular weight excluding hydrogens is 594 g/mol. The summed E-state index contributed by atoms with van der Waals surface area (Å²) >= 11 is 0. The van der Waals surface area contributed by atoms with E-state index in [0.717, 1.165) is 29.1 Å². The molecule has 0 radical (unpaired) electrons. The summed E-state index contributed by atoms with van der Waals surface area (Å²) in [5.74, 6) is 0.533. The first-order valence-corrected chi connectivity index (χ1v) is 16.8. The topological polar surface area (TPSA) is 132 Å². The average molecular weight is 632 g/mol. The summed E-state index contributed by atoms with van der Waals surface area (Å²) in [6.45, 7) is 2.66. The maximum Gasteiger partial charge on any atom is 0.264 e. The van der Waals surface area contributed by atoms with Crippen LogP contribution < -0.4 is 23.8 Å². The molecule has 3 aromatic carbocycles. The Morgan fingerprint density at radius 2 is 1.47 bits per heavy atom. The summed E-state index contributed by atoms with van der Waals surface area (Å²) < 4.78 is 71.8. The number of hydrogen-bond donors (Lipinski definition) is 1. The molecule has 0 spiro atoms. The number of nitrogens with zero attached hydrogens (tertiary/aromatic N) is 2. The van der Waals surface area contributed by atoms with Crippen LogP contribution in [0.25, 0.3) is 0 Å². The summed E-state index contributed by atoms with van der Waals surface area (Å²) in [6, 6.07) is 17.2. The van der Waals surface area contributed by atoms with Gasteiger partial charge in [-0.3, -0.25) is 9.10 Å². The highest BCUT2D eigenvalue weighted by Gasteiger charge is 2.29. The Morgan fingerprint density at radius 1 is 0.837 bits per heavy atom. The zero-order valence-corrected chi connectivity index (χ0v) is 26.1. The molecule has 4 rings (SSSR count). The number of anilines is 1. The smallest absolute Gasteiger partial charge is 0.264 e. The molecule has 0 unspecified atom stereocenters. The number of hydrogen-bond acceptors (Lipinski definition) is 8. The fraction of sp³-hybridized carbons (Fsp3) is 0.367. The molecule has 3 aromatic rings. The van der Waals surface area contributed by atoms with Gasteiger partial charge in [0.15, 0.2) is 11.5 Å². The summed E-state index contributed by atoms with van der Waals surface area (Å²) in [4.78, 5) is 13.1. The summed E-state index contributed by atoms with van der Waals surface area (Å²) in [5.41, 5.74) is 1.26. The first-order chi connectivity index (χ1) is 20.6. The number of carbonyl (C=O) groups excluding carboxylic acids is 1. The molecule has 0 saturated carbocycles. The zero-order chi connectivity index (χ0) is 31.0. The van der Waals surface area contributed by atoms with Crippen LogP contribution in [0.3, 0.4) is 0 Å². The highest BCUT2D eigenvalue weighted by molar-refractivity contribution is 7.92. The molecule has 13 heteroatoms. The number of carbonyl (C=O) groups is 1. The molecule has 1 aliphatic rings. The third-order valence-corrected chi connectivity index (χ3v) is 10.7. The van der Waals surface area contributed by atoms with Gasteiger partial charge in [-0.05, 0) is 68.3 Å². The van der Waals surface area contributed by atoms with Crippen LogP contribution in [0.15, 0.2) is 76.5 Å². The molecule has 0 bridgehead atoms. The van der Waals surface area contributed by atoms with Gasteiger partial charge >= 0.3 is 0 Å². The zero-order valence-electron chi connectivity index (χ0n) is 24.5. The lowest BCUT2D eigenvalue weighted by atomic mass is 10.2. The molecule has 0 aliphatic carbocycles. The summed E-state index contributed by atoms with van der Waals surface area (Å²) in [6.07, 6.45) is 2.75. The third kappa shape index (κ3) is 7.78. The normalized spacial score (nSPS) is 14.1. The van der Waals surface area contributed by atoms with Gasteiger partial charge < -0.3 is 19.5 Å². The van der Waals surface area contributed by atoms with Crippen LogP contribution >= 0.6 is 0 Å². The van der Waals surface area contributed by atoms with Crippen LogP contribution in [0.5, 0.6) is 17.2 Å². The van der Waals surface area contributed by atoms with Crippen molar-refractivity contribution in [3.8, 4) is 17.2 Å². The number of methoxy groups -OCH3 is 2. The van der Waals surface area contributed by atoms with Crippen LogP contribution in [-0.4, -0.2) is 74.1 Å². The molecule has 0 atom stereocenters. The molecule has 43 heavy (non-hydrogen) atoms. The minimum Gasteiger partial charge on any atom is -0.493 e. The van der Waals surface area contributed by atoms with Crippen molar-refractivity contribution in [3.63, 3.8) is 0 Å². The Bertz CT molecular complexity index is 1600. The van der Waals surface area contributed by atoms with Gasteiger partial charge in [-0.2, -0.15) is 4.31 Å². The van der Waals surface area contributed by atoms with Crippen LogP contribution in [0, 0.1) is 6.92 Å². The van der Waals surface area contributed by atoms with Crippen molar-refractivity contribution in [2.75, 3.05) is 51.3 Å². The molecule has 1 aliphatic heterocycles. The van der Waals surface area contributed by atoms with Gasteiger partial charge in [0, 0.05) is 19.2 Å². The van der Waals surface area contributed by atoms with Crippen LogP contribution in [-0.2, 0) is 24.8 Å². The third-order valence-electron chi connectivity index (χ3n) is 7.02. The lowest BCUT2D eigenvalue weighted by Crippen LogP contribution is -2.42. The van der Waals surface area contributed by atoms with E-state index in [2.05, 4.69) is 5.32 Å². The van der Waals surface area contributed by atoms with E-state index in [1.165, 1.54) is 48.9 Å². The number of ether oxygens (including phenoxy) is 3. The van der Waals surface area contributed by atoms with E-state index >= 15 is 0 Å². The van der Waals surface area contributed by atoms with E-state index in [9.17, 15) is 21.6 Å². The highest BCUT2D eigenvalue weighted by Crippen LogP contribution is 2.32. The van der Waals surface area contributed by atoms with Crippen LogP contribution in [0.2, 0.25) is 0 Å². The van der Waals surface area contributed by atoms with Gasteiger partial charge in [-0.1, -0.05) is 24.1 Å². The maximum absolute atomic E-state index is 13.7. The van der Waals surface area contributed by atoms with E-state index in [4.69, 9.17) is 14.2 Å². The van der Waals surface area contributed by atoms with Crippen LogP contribution in [0.4, 0.5) is 5.69 Å². The largest absolute Gasteiger partial charge is 0.493 e. The molecule has 1 N–H and O–H groups in total. The molecule has 1 fully saturated rings. The number of nitrogens with one attached hydrogen (secondary N) is 1. The van der Waals surface area contributed by atoms with Gasteiger partial charge in [0.05, 0.1) is 36.2 Å². The van der Waals surface area contributed by atoms with Crippen LogP contribution in [0.1, 0.15) is 24.8 Å². The Morgan fingerprint density at radius 3 is 2.09 bits per heavy atom. The number of amides is 1. The van der Waals surface area contributed by atoms with E-state index in [1.807, 2.05) is 6.92 Å². The number of piperidine rings is 1. The number of aryl methyl sites for hydroxylation is 1. The fourth-order valence-corrected chi connectivity index (χ4v) is 7.59. The Balaban J connectivity index is 1.39. The van der Waals surface area contributed by atoms with E-state index in [-0.39, 0.29) is 28.7 Å². The molecule has 11 nitrogen and oxygen atoms in total. The second-order valence-electron chi connectivity index (χ2n) is 10.00. The molecule has 1 saturated heterocycles. The molecule has 0 aromatic heterocycles. The van der Waals surface area contributed by atoms with Crippen molar-refractivity contribution in [2.45, 2.75) is 36.0 Å². The van der Waals surface area contributed by atoms with Crippen molar-refractivity contribution in [2.24, 2.45) is 0 Å². The van der Waals surface area contributed by atoms with Gasteiger partial charge in [0.25, 0.3) is 10.0 Å². The van der Waals surface area contributed by atoms with Gasteiger partial charge in [-0.25, -0.2) is 16.8 Å². The highest BCUT2D eigenvalue weighted by atomic mass is 32.2. The Labute approximate surface area is 253 Å². The lowest BCUT2D eigenvalue weighted by molar-refractivity contribution is -0.119. The van der Waals surface area contributed by atoms with Crippen molar-refractivity contribution >= 4 is 31.6 Å². The van der Waals surface area contributed by atoms with Crippen molar-refractivity contribution in [3.05, 3.63) is 72.3 Å². The van der Waals surface area contributed by atoms with E-state index < -0.39 is 32.5 Å². The number of sulfonamides is 2. The van der Waals surface area contributed by atoms with Gasteiger partial charge in [0.1, 0.15) is 18.9 Å². The van der Waals surface area contributed by atoms with E-state index in [0.29, 0.717) is 30.3 Å². The SMILES string of the molecule is COc1ccc(S(=O)(=O)N(CC(=O)NCCOc2ccc(S(=O)(=O)N3CCCCC3)cc2)c2ccc(C)cc2)cc1OC. The molecular formula is C30H37N3O8S2. The minimum atomic E-state index is -4.16. The second kappa shape index (κ2) is 14.1. The van der Waals surface area contributed by atoms with Crippen molar-refractivity contribution in [1.29, 1.82) is 0 Å². The number of rotatable bonds is 13. The molecule has 1 heterocycles. The van der Waals surface area contributed by atoms with Gasteiger partial charge in [0.2, 0.25) is 15.9 Å². The molecule has 232 valence electrons. The monoisotopic (exact) mass is 631 g/mol. The quantitative estimate of drug-likeness (QED) is 0.283. The van der Waals surface area contributed by atoms with Crippen molar-refractivity contribution < 1.29 is 35.8 Å². The average Bonchev–Trinajstić information content (AvgIpc) is 3.02. The van der Waals surface area contributed by atoms with E-state index in [1.54, 1.807) is 36.4 Å². The van der Waals surface area contributed by atoms with Gasteiger partial charge in [-0.15, -0.1) is 0 Å². The fourth-order valence-electron chi connectivity index (χ4n) is 4.64. The molecule has 1 amide bonds. The maximum atomic E-state index is 13.7. The first kappa shape index (κ1) is 32.1. The van der Waals surface area contributed by atoms with Crippen molar-refractivity contribution in [1.82, 2.24) is 9.62 Å². The summed E-state index contributed by atoms with van der Waals surface area (Å²) in [7, 11) is -4.84. The Hall–Kier alpha value is -3.81. The summed E-state index contributed by atoms with van der Waals surface area (Å²) in [5, 5.41) is 2.69. The first-order valence-electron chi connectivity index (χ1n) is 13.9. The second-order valence-corrected chi connectivity index (χ2v) is 13.8. The minimum absolute atomic E-state index is 0.0624. The predicted molar refractivity (Wildman–Crippen MR) is 163 cm³/mol. The lowest BCUT2D eigenvalue weighted by Gasteiger charge is -2.25. The predicted octanol–water partition coefficient (Wildman–Crippen LogP) is 3.58. The standard InChI is InChI=1S/C30H37N3O8S2/c1-23-7-9-24(10-8-23)33(43(37,38)27-15-16-28(39-2)29(21-27)40-3)22-30(34)31-17-20-41-25-11-13-26(14-12-25)42(35,36)32-18-5-4-6-19-32/h7-16,21H,4-6,17-20,22H2,1-3H3,(H,31,34). The number of benzene rings is 3. The Kier molecular flexibility index (Phi) is 10.5.